The maximum absolute atomic E-state index is 5.70. The third-order valence-corrected chi connectivity index (χ3v) is 2.89. The summed E-state index contributed by atoms with van der Waals surface area (Å²) in [6, 6.07) is 9.80. The van der Waals surface area contributed by atoms with Crippen molar-refractivity contribution in [2.45, 2.75) is 0 Å². The van der Waals surface area contributed by atoms with Gasteiger partial charge in [0.05, 0.1) is 23.2 Å². The highest BCUT2D eigenvalue weighted by Crippen LogP contribution is 2.12. The molecule has 0 N–H and O–H groups in total. The molecule has 0 amide bonds. The average molecular weight is 237 g/mol. The minimum absolute atomic E-state index is 0.735. The number of hydrogen-bond donors (Lipinski definition) is 0. The predicted octanol–water partition coefficient (Wildman–Crippen LogP) is 1.75. The highest BCUT2D eigenvalue weighted by molar-refractivity contribution is 5.74. The molecule has 3 aromatic heterocycles. The van der Waals surface area contributed by atoms with E-state index in [1.54, 1.807) is 23.6 Å². The van der Waals surface area contributed by atoms with Crippen LogP contribution in [0.4, 0.5) is 0 Å². The average Bonchev–Trinajstić information content (AvgIpc) is 3.04. The van der Waals surface area contributed by atoms with Crippen LogP contribution in [-0.2, 0) is 0 Å². The summed E-state index contributed by atoms with van der Waals surface area (Å²) in [4.78, 5) is 8.40. The zero-order chi connectivity index (χ0) is 11.9. The Labute approximate surface area is 102 Å². The van der Waals surface area contributed by atoms with Crippen LogP contribution in [-0.4, -0.2) is 14.4 Å². The Hall–Kier alpha value is -2.69. The van der Waals surface area contributed by atoms with Gasteiger partial charge in [0, 0.05) is 0 Å². The number of aromatic nitrogens is 4. The summed E-state index contributed by atoms with van der Waals surface area (Å²) >= 11 is 0. The molecule has 0 atom stereocenters. The van der Waals surface area contributed by atoms with Crippen molar-refractivity contribution in [3.63, 3.8) is 0 Å². The SMILES string of the molecule is c1ccc2o[n+](-c3cc4cncn4cn3)cc2c1. The Kier molecular flexibility index (Phi) is 1.77. The fourth-order valence-corrected chi connectivity index (χ4v) is 1.98. The lowest BCUT2D eigenvalue weighted by Gasteiger charge is -1.89. The second-order valence-corrected chi connectivity index (χ2v) is 4.06. The maximum atomic E-state index is 5.70. The first-order chi connectivity index (χ1) is 8.90. The van der Waals surface area contributed by atoms with Gasteiger partial charge in [0.25, 0.3) is 0 Å². The summed E-state index contributed by atoms with van der Waals surface area (Å²) < 4.78 is 9.22. The highest BCUT2D eigenvalue weighted by Gasteiger charge is 2.14. The molecule has 1 aromatic carbocycles. The molecule has 0 aliphatic carbocycles. The number of rotatable bonds is 1. The summed E-state index contributed by atoms with van der Waals surface area (Å²) in [5, 5.41) is 1.05. The van der Waals surface area contributed by atoms with Crippen LogP contribution in [0.1, 0.15) is 0 Å². The Morgan fingerprint density at radius 1 is 1.17 bits per heavy atom. The minimum atomic E-state index is 0.735. The van der Waals surface area contributed by atoms with E-state index in [1.165, 1.54) is 0 Å². The van der Waals surface area contributed by atoms with E-state index in [2.05, 4.69) is 9.97 Å². The smallest absolute Gasteiger partial charge is 0.295 e. The number of benzene rings is 1. The standard InChI is InChI=1S/C13H9N4O/c1-2-4-12-10(3-1)7-17(18-12)13-5-11-6-14-8-16(11)9-15-13/h1-9H/q+1. The van der Waals surface area contributed by atoms with Gasteiger partial charge >= 0.3 is 5.82 Å². The van der Waals surface area contributed by atoms with E-state index in [1.807, 2.05) is 40.9 Å². The van der Waals surface area contributed by atoms with Gasteiger partial charge in [-0.2, -0.15) is 0 Å². The van der Waals surface area contributed by atoms with Gasteiger partial charge in [0.1, 0.15) is 12.5 Å². The summed E-state index contributed by atoms with van der Waals surface area (Å²) in [5.74, 6) is 0.735. The van der Waals surface area contributed by atoms with Gasteiger partial charge in [-0.25, -0.2) is 4.98 Å². The van der Waals surface area contributed by atoms with E-state index in [0.717, 1.165) is 22.3 Å². The first-order valence-corrected chi connectivity index (χ1v) is 5.59. The van der Waals surface area contributed by atoms with E-state index >= 15 is 0 Å². The summed E-state index contributed by atoms with van der Waals surface area (Å²) in [7, 11) is 0. The Balaban J connectivity index is 1.94. The number of para-hydroxylation sites is 1. The van der Waals surface area contributed by atoms with E-state index in [9.17, 15) is 0 Å². The van der Waals surface area contributed by atoms with Crippen molar-refractivity contribution < 1.29 is 9.26 Å². The molecule has 5 nitrogen and oxygen atoms in total. The lowest BCUT2D eigenvalue weighted by atomic mass is 10.3. The Morgan fingerprint density at radius 2 is 2.11 bits per heavy atom. The molecular weight excluding hydrogens is 228 g/mol. The number of hydrogen-bond acceptors (Lipinski definition) is 3. The molecule has 0 radical (unpaired) electrons. The van der Waals surface area contributed by atoms with Crippen LogP contribution in [0, 0.1) is 0 Å². The lowest BCUT2D eigenvalue weighted by Crippen LogP contribution is -2.28. The van der Waals surface area contributed by atoms with E-state index in [0.29, 0.717) is 0 Å². The van der Waals surface area contributed by atoms with E-state index < -0.39 is 0 Å². The fourth-order valence-electron chi connectivity index (χ4n) is 1.98. The number of nitrogens with zero attached hydrogens (tertiary/aromatic N) is 4. The van der Waals surface area contributed by atoms with E-state index in [-0.39, 0.29) is 0 Å². The molecule has 0 unspecified atom stereocenters. The second kappa shape index (κ2) is 3.40. The number of fused-ring (bicyclic) bond motifs is 2. The van der Waals surface area contributed by atoms with Crippen LogP contribution >= 0.6 is 0 Å². The first-order valence-electron chi connectivity index (χ1n) is 5.59. The van der Waals surface area contributed by atoms with Crippen LogP contribution in [0.3, 0.4) is 0 Å². The van der Waals surface area contributed by atoms with Gasteiger partial charge in [-0.05, 0) is 21.9 Å². The van der Waals surface area contributed by atoms with Crippen molar-refractivity contribution in [3.05, 3.63) is 55.4 Å². The van der Waals surface area contributed by atoms with Crippen molar-refractivity contribution in [2.24, 2.45) is 0 Å². The van der Waals surface area contributed by atoms with Crippen LogP contribution in [0.2, 0.25) is 0 Å². The molecule has 18 heavy (non-hydrogen) atoms. The first kappa shape index (κ1) is 9.35. The molecule has 0 aliphatic rings. The molecule has 0 saturated carbocycles. The zero-order valence-electron chi connectivity index (χ0n) is 9.39. The molecule has 0 saturated heterocycles. The summed E-state index contributed by atoms with van der Waals surface area (Å²) in [6.45, 7) is 0. The second-order valence-electron chi connectivity index (χ2n) is 4.06. The predicted molar refractivity (Wildman–Crippen MR) is 64.3 cm³/mol. The van der Waals surface area contributed by atoms with Gasteiger partial charge in [0.15, 0.2) is 5.58 Å². The minimum Gasteiger partial charge on any atom is -0.295 e. The van der Waals surface area contributed by atoms with Gasteiger partial charge in [-0.1, -0.05) is 12.1 Å². The molecule has 0 bridgehead atoms. The molecule has 4 aromatic rings. The summed E-state index contributed by atoms with van der Waals surface area (Å²) in [6.07, 6.45) is 7.15. The largest absolute Gasteiger partial charge is 0.365 e. The third kappa shape index (κ3) is 1.31. The van der Waals surface area contributed by atoms with Gasteiger partial charge in [0.2, 0.25) is 6.33 Å². The van der Waals surface area contributed by atoms with E-state index in [4.69, 9.17) is 4.52 Å². The van der Waals surface area contributed by atoms with Crippen molar-refractivity contribution in [2.75, 3.05) is 0 Å². The molecular formula is C13H9N4O+. The molecule has 0 aliphatic heterocycles. The van der Waals surface area contributed by atoms with Gasteiger partial charge < -0.3 is 0 Å². The highest BCUT2D eigenvalue weighted by atomic mass is 16.5. The molecule has 0 fully saturated rings. The lowest BCUT2D eigenvalue weighted by molar-refractivity contribution is -0.782. The van der Waals surface area contributed by atoms with Gasteiger partial charge in [-0.3, -0.25) is 8.92 Å². The summed E-state index contributed by atoms with van der Waals surface area (Å²) in [5.41, 5.74) is 1.82. The molecule has 3 heterocycles. The molecule has 0 spiro atoms. The Morgan fingerprint density at radius 3 is 3.06 bits per heavy atom. The number of imidazole rings is 1. The van der Waals surface area contributed by atoms with Gasteiger partial charge in [-0.15, -0.1) is 0 Å². The molecule has 86 valence electrons. The molecule has 4 rings (SSSR count). The third-order valence-electron chi connectivity index (χ3n) is 2.89. The Bertz CT molecular complexity index is 813. The quantitative estimate of drug-likeness (QED) is 0.474. The maximum Gasteiger partial charge on any atom is 0.365 e. The van der Waals surface area contributed by atoms with Crippen molar-refractivity contribution >= 4 is 16.5 Å². The van der Waals surface area contributed by atoms with Crippen molar-refractivity contribution in [1.82, 2.24) is 14.4 Å². The van der Waals surface area contributed by atoms with Crippen LogP contribution in [0.25, 0.3) is 22.3 Å². The van der Waals surface area contributed by atoms with Crippen LogP contribution < -0.4 is 4.74 Å². The van der Waals surface area contributed by atoms with Crippen LogP contribution in [0.5, 0.6) is 0 Å². The normalized spacial score (nSPS) is 11.3. The fraction of sp³-hybridized carbons (Fsp3) is 0. The van der Waals surface area contributed by atoms with Crippen molar-refractivity contribution in [3.8, 4) is 5.82 Å². The topological polar surface area (TPSA) is 47.2 Å². The zero-order valence-corrected chi connectivity index (χ0v) is 9.39. The monoisotopic (exact) mass is 237 g/mol. The molecule has 5 heteroatoms. The van der Waals surface area contributed by atoms with Crippen LogP contribution in [0.15, 0.2) is 59.9 Å². The van der Waals surface area contributed by atoms with Crippen molar-refractivity contribution in [1.29, 1.82) is 0 Å².